The lowest BCUT2D eigenvalue weighted by Crippen LogP contribution is -2.14. The highest BCUT2D eigenvalue weighted by molar-refractivity contribution is 6.33. The fourth-order valence-electron chi connectivity index (χ4n) is 2.47. The van der Waals surface area contributed by atoms with Crippen molar-refractivity contribution in [3.63, 3.8) is 0 Å². The number of halogens is 2. The Kier molecular flexibility index (Phi) is 4.92. The lowest BCUT2D eigenvalue weighted by atomic mass is 10.1. The summed E-state index contributed by atoms with van der Waals surface area (Å²) in [4.78, 5) is 12.6. The van der Waals surface area contributed by atoms with Crippen LogP contribution in [-0.4, -0.2) is 17.6 Å². The molecule has 0 spiro atoms. The van der Waals surface area contributed by atoms with Crippen molar-refractivity contribution in [2.24, 2.45) is 0 Å². The van der Waals surface area contributed by atoms with Crippen LogP contribution in [0.1, 0.15) is 15.9 Å². The molecule has 0 aliphatic heterocycles. The quantitative estimate of drug-likeness (QED) is 0.741. The van der Waals surface area contributed by atoms with E-state index >= 15 is 0 Å². The van der Waals surface area contributed by atoms with E-state index in [2.05, 4.69) is 5.32 Å². The molecular weight excluding hydrogens is 357 g/mol. The van der Waals surface area contributed by atoms with E-state index in [1.807, 2.05) is 24.5 Å². The van der Waals surface area contributed by atoms with Crippen LogP contribution in [0.4, 0.5) is 10.1 Å². The van der Waals surface area contributed by atoms with E-state index in [-0.39, 0.29) is 11.1 Å². The van der Waals surface area contributed by atoms with Gasteiger partial charge >= 0.3 is 0 Å². The van der Waals surface area contributed by atoms with Crippen molar-refractivity contribution in [3.05, 3.63) is 76.8 Å². The van der Waals surface area contributed by atoms with Gasteiger partial charge in [-0.05, 0) is 36.4 Å². The van der Waals surface area contributed by atoms with Crippen LogP contribution in [0.25, 0.3) is 5.69 Å². The summed E-state index contributed by atoms with van der Waals surface area (Å²) in [7, 11) is 1.45. The number of nitrogens with one attached hydrogen (secondary N) is 1. The molecule has 2 aromatic carbocycles. The molecule has 0 radical (unpaired) electrons. The van der Waals surface area contributed by atoms with Crippen LogP contribution in [0, 0.1) is 17.1 Å². The predicted molar refractivity (Wildman–Crippen MR) is 96.4 cm³/mol. The van der Waals surface area contributed by atoms with Gasteiger partial charge in [0.15, 0.2) is 0 Å². The average molecular weight is 370 g/mol. The van der Waals surface area contributed by atoms with E-state index in [9.17, 15) is 9.18 Å². The van der Waals surface area contributed by atoms with Crippen molar-refractivity contribution in [1.82, 2.24) is 4.57 Å². The first-order valence-corrected chi connectivity index (χ1v) is 7.93. The number of hydrogen-bond acceptors (Lipinski definition) is 3. The van der Waals surface area contributed by atoms with E-state index in [0.717, 1.165) is 6.07 Å². The highest BCUT2D eigenvalue weighted by atomic mass is 35.5. The van der Waals surface area contributed by atoms with Crippen molar-refractivity contribution in [1.29, 1.82) is 5.26 Å². The Hall–Kier alpha value is -3.30. The van der Waals surface area contributed by atoms with Gasteiger partial charge in [-0.2, -0.15) is 5.26 Å². The maximum atomic E-state index is 13.4. The number of nitrogens with zero attached hydrogens (tertiary/aromatic N) is 2. The number of carbonyl (C=O) groups excluding carboxylic acids is 1. The standard InChI is InChI=1S/C19H13ClFN3O2/c1-26-18-10-17(24-6-2-3-7-24)15(20)9-14(18)19(25)23-13-4-5-16(21)12(8-13)11-22/h2-10H,1H3,(H,23,25). The summed E-state index contributed by atoms with van der Waals surface area (Å²) in [5.74, 6) is -0.807. The summed E-state index contributed by atoms with van der Waals surface area (Å²) < 4.78 is 20.5. The van der Waals surface area contributed by atoms with Gasteiger partial charge in [0.25, 0.3) is 5.91 Å². The van der Waals surface area contributed by atoms with Crippen molar-refractivity contribution >= 4 is 23.2 Å². The van der Waals surface area contributed by atoms with Crippen molar-refractivity contribution in [2.45, 2.75) is 0 Å². The molecular formula is C19H13ClFN3O2. The van der Waals surface area contributed by atoms with Gasteiger partial charge in [-0.3, -0.25) is 4.79 Å². The molecule has 5 nitrogen and oxygen atoms in total. The maximum absolute atomic E-state index is 13.4. The third kappa shape index (κ3) is 3.39. The van der Waals surface area contributed by atoms with Crippen LogP contribution < -0.4 is 10.1 Å². The normalized spacial score (nSPS) is 10.2. The van der Waals surface area contributed by atoms with E-state index in [4.69, 9.17) is 21.6 Å². The molecule has 1 aromatic heterocycles. The Morgan fingerprint density at radius 3 is 2.65 bits per heavy atom. The SMILES string of the molecule is COc1cc(-n2cccc2)c(Cl)cc1C(=O)Nc1ccc(F)c(C#N)c1. The van der Waals surface area contributed by atoms with Crippen molar-refractivity contribution in [3.8, 4) is 17.5 Å². The molecule has 7 heteroatoms. The zero-order valence-electron chi connectivity index (χ0n) is 13.7. The minimum atomic E-state index is -0.651. The van der Waals surface area contributed by atoms with Gasteiger partial charge < -0.3 is 14.6 Å². The van der Waals surface area contributed by atoms with Crippen LogP contribution >= 0.6 is 11.6 Å². The van der Waals surface area contributed by atoms with Gasteiger partial charge in [0.1, 0.15) is 17.6 Å². The molecule has 3 aromatic rings. The molecule has 1 N–H and O–H groups in total. The summed E-state index contributed by atoms with van der Waals surface area (Å²) in [5, 5.41) is 11.9. The summed E-state index contributed by atoms with van der Waals surface area (Å²) in [6, 6.07) is 12.3. The molecule has 130 valence electrons. The molecule has 1 heterocycles. The first kappa shape index (κ1) is 17.5. The summed E-state index contributed by atoms with van der Waals surface area (Å²) in [6.07, 6.45) is 3.64. The molecule has 0 fully saturated rings. The number of anilines is 1. The lowest BCUT2D eigenvalue weighted by Gasteiger charge is -2.14. The third-order valence-electron chi connectivity index (χ3n) is 3.74. The second kappa shape index (κ2) is 7.30. The van der Waals surface area contributed by atoms with E-state index < -0.39 is 11.7 Å². The predicted octanol–water partition coefficient (Wildman–Crippen LogP) is 4.40. The maximum Gasteiger partial charge on any atom is 0.259 e. The van der Waals surface area contributed by atoms with Crippen molar-refractivity contribution < 1.29 is 13.9 Å². The second-order valence-corrected chi connectivity index (χ2v) is 5.76. The zero-order valence-corrected chi connectivity index (χ0v) is 14.4. The molecule has 1 amide bonds. The van der Waals surface area contributed by atoms with Crippen LogP contribution in [0.3, 0.4) is 0 Å². The number of carbonyl (C=O) groups is 1. The van der Waals surface area contributed by atoms with Gasteiger partial charge in [0.2, 0.25) is 0 Å². The Balaban J connectivity index is 1.94. The minimum absolute atomic E-state index is 0.157. The summed E-state index contributed by atoms with van der Waals surface area (Å²) in [5.41, 5.74) is 1.02. The fraction of sp³-hybridized carbons (Fsp3) is 0.0526. The average Bonchev–Trinajstić information content (AvgIpc) is 3.17. The number of hydrogen-bond donors (Lipinski definition) is 1. The molecule has 26 heavy (non-hydrogen) atoms. The minimum Gasteiger partial charge on any atom is -0.496 e. The number of methoxy groups -OCH3 is 1. The summed E-state index contributed by atoms with van der Waals surface area (Å²) in [6.45, 7) is 0. The van der Waals surface area contributed by atoms with Crippen LogP contribution in [0.2, 0.25) is 5.02 Å². The van der Waals surface area contributed by atoms with Crippen LogP contribution in [0.5, 0.6) is 5.75 Å². The molecule has 0 bridgehead atoms. The van der Waals surface area contributed by atoms with Gasteiger partial charge in [-0.1, -0.05) is 11.6 Å². The first-order chi connectivity index (χ1) is 12.5. The van der Waals surface area contributed by atoms with Crippen LogP contribution in [-0.2, 0) is 0 Å². The Morgan fingerprint density at radius 2 is 2.00 bits per heavy atom. The highest BCUT2D eigenvalue weighted by Crippen LogP contribution is 2.30. The molecule has 0 atom stereocenters. The second-order valence-electron chi connectivity index (χ2n) is 5.35. The Bertz CT molecular complexity index is 1010. The number of benzene rings is 2. The molecule has 0 aliphatic carbocycles. The highest BCUT2D eigenvalue weighted by Gasteiger charge is 2.17. The number of rotatable bonds is 4. The molecule has 0 saturated carbocycles. The molecule has 0 saturated heterocycles. The zero-order chi connectivity index (χ0) is 18.7. The van der Waals surface area contributed by atoms with Crippen molar-refractivity contribution in [2.75, 3.05) is 12.4 Å². The lowest BCUT2D eigenvalue weighted by molar-refractivity contribution is 0.102. The number of amides is 1. The molecule has 0 aliphatic rings. The number of aromatic nitrogens is 1. The van der Waals surface area contributed by atoms with Gasteiger partial charge in [-0.25, -0.2) is 4.39 Å². The van der Waals surface area contributed by atoms with Crippen LogP contribution in [0.15, 0.2) is 54.9 Å². The number of nitriles is 1. The smallest absolute Gasteiger partial charge is 0.259 e. The first-order valence-electron chi connectivity index (χ1n) is 7.55. The Labute approximate surface area is 154 Å². The summed E-state index contributed by atoms with van der Waals surface area (Å²) >= 11 is 6.32. The largest absolute Gasteiger partial charge is 0.496 e. The fourth-order valence-corrected chi connectivity index (χ4v) is 2.73. The van der Waals surface area contributed by atoms with Gasteiger partial charge in [0.05, 0.1) is 28.9 Å². The topological polar surface area (TPSA) is 67.0 Å². The monoisotopic (exact) mass is 369 g/mol. The molecule has 0 unspecified atom stereocenters. The van der Waals surface area contributed by atoms with E-state index in [0.29, 0.717) is 22.1 Å². The van der Waals surface area contributed by atoms with Gasteiger partial charge in [0, 0.05) is 24.1 Å². The number of ether oxygens (including phenoxy) is 1. The van der Waals surface area contributed by atoms with E-state index in [1.54, 1.807) is 16.7 Å². The van der Waals surface area contributed by atoms with Gasteiger partial charge in [-0.15, -0.1) is 0 Å². The Morgan fingerprint density at radius 1 is 1.27 bits per heavy atom. The van der Waals surface area contributed by atoms with E-state index in [1.165, 1.54) is 25.3 Å². The third-order valence-corrected chi connectivity index (χ3v) is 4.04. The molecule has 3 rings (SSSR count).